The van der Waals surface area contributed by atoms with E-state index in [1.165, 1.54) is 4.80 Å². The van der Waals surface area contributed by atoms with Gasteiger partial charge in [-0.15, -0.1) is 10.2 Å². The number of rotatable bonds is 14. The van der Waals surface area contributed by atoms with Crippen LogP contribution in [0.1, 0.15) is 33.0 Å². The molecule has 1 aliphatic rings. The maximum atomic E-state index is 11.2. The van der Waals surface area contributed by atoms with Crippen molar-refractivity contribution in [3.05, 3.63) is 11.9 Å². The molecule has 15 heteroatoms. The third-order valence-corrected chi connectivity index (χ3v) is 6.44. The van der Waals surface area contributed by atoms with Crippen LogP contribution in [0.25, 0.3) is 0 Å². The van der Waals surface area contributed by atoms with Crippen molar-refractivity contribution < 1.29 is 19.1 Å². The van der Waals surface area contributed by atoms with Gasteiger partial charge < -0.3 is 35.0 Å². The summed E-state index contributed by atoms with van der Waals surface area (Å²) >= 11 is 0. The predicted octanol–water partition coefficient (Wildman–Crippen LogP) is 0.622. The van der Waals surface area contributed by atoms with E-state index in [-0.39, 0.29) is 12.2 Å². The molecule has 35 heavy (non-hydrogen) atoms. The Morgan fingerprint density at radius 2 is 2.00 bits per heavy atom. The van der Waals surface area contributed by atoms with Crippen LogP contribution >= 0.6 is 7.60 Å². The summed E-state index contributed by atoms with van der Waals surface area (Å²) in [6, 6.07) is 2.02. The van der Waals surface area contributed by atoms with Gasteiger partial charge in [0.25, 0.3) is 0 Å². The third-order valence-electron chi connectivity index (χ3n) is 5.66. The highest BCUT2D eigenvalue weighted by molar-refractivity contribution is 7.51. The number of tetrazole rings is 1. The minimum Gasteiger partial charge on any atom is -0.378 e. The summed E-state index contributed by atoms with van der Waals surface area (Å²) in [6.45, 7) is 11.6. The summed E-state index contributed by atoms with van der Waals surface area (Å²) in [4.78, 5) is 33.4. The van der Waals surface area contributed by atoms with Crippen LogP contribution in [0, 0.1) is 0 Å². The molecular weight excluding hydrogens is 475 g/mol. The van der Waals surface area contributed by atoms with E-state index in [1.807, 2.05) is 24.8 Å². The monoisotopic (exact) mass is 512 g/mol. The molecule has 196 valence electrons. The molecule has 1 saturated heterocycles. The average Bonchev–Trinajstić information content (AvgIpc) is 3.31. The van der Waals surface area contributed by atoms with E-state index < -0.39 is 7.60 Å². The second-order valence-corrected chi connectivity index (χ2v) is 10.2. The Bertz CT molecular complexity index is 965. The first kappa shape index (κ1) is 27.2. The second-order valence-electron chi connectivity index (χ2n) is 8.44. The van der Waals surface area contributed by atoms with Crippen LogP contribution in [0.15, 0.2) is 6.07 Å². The number of aryl methyl sites for hydroxylation is 1. The summed E-state index contributed by atoms with van der Waals surface area (Å²) in [7, 11) is -4.00. The largest absolute Gasteiger partial charge is 0.378 e. The van der Waals surface area contributed by atoms with Crippen molar-refractivity contribution in [1.29, 1.82) is 0 Å². The van der Waals surface area contributed by atoms with Crippen molar-refractivity contribution in [3.8, 4) is 0 Å². The Kier molecular flexibility index (Phi) is 10.2. The highest BCUT2D eigenvalue weighted by atomic mass is 31.2. The molecule has 3 rings (SSSR count). The van der Waals surface area contributed by atoms with Gasteiger partial charge in [-0.2, -0.15) is 14.8 Å². The first-order valence-corrected chi connectivity index (χ1v) is 13.8. The van der Waals surface area contributed by atoms with Gasteiger partial charge in [0.1, 0.15) is 11.6 Å². The number of nitrogens with one attached hydrogen (secondary N) is 2. The zero-order chi connectivity index (χ0) is 25.3. The van der Waals surface area contributed by atoms with E-state index in [0.29, 0.717) is 50.4 Å². The number of ether oxygens (including phenoxy) is 1. The first-order valence-electron chi connectivity index (χ1n) is 12.0. The lowest BCUT2D eigenvalue weighted by Crippen LogP contribution is -2.37. The summed E-state index contributed by atoms with van der Waals surface area (Å²) in [5.41, 5.74) is 0. The molecule has 1 unspecified atom stereocenters. The van der Waals surface area contributed by atoms with Crippen LogP contribution in [-0.2, 0) is 22.4 Å². The molecule has 0 bridgehead atoms. The van der Waals surface area contributed by atoms with E-state index in [9.17, 15) is 4.57 Å². The molecule has 0 aromatic carbocycles. The maximum absolute atomic E-state index is 11.2. The Morgan fingerprint density at radius 3 is 2.66 bits per heavy atom. The van der Waals surface area contributed by atoms with Crippen LogP contribution in [-0.4, -0.2) is 103 Å². The lowest BCUT2D eigenvalue weighted by Gasteiger charge is -2.28. The van der Waals surface area contributed by atoms with Crippen LogP contribution in [0.2, 0.25) is 0 Å². The average molecular weight is 513 g/mol. The summed E-state index contributed by atoms with van der Waals surface area (Å²) in [5, 5.41) is 18.9. The molecule has 2 aromatic rings. The fraction of sp³-hybridized carbons (Fsp3) is 0.750. The predicted molar refractivity (Wildman–Crippen MR) is 133 cm³/mol. The van der Waals surface area contributed by atoms with Gasteiger partial charge >= 0.3 is 7.60 Å². The number of anilines is 3. The zero-order valence-electron chi connectivity index (χ0n) is 20.7. The van der Waals surface area contributed by atoms with E-state index in [0.717, 1.165) is 38.4 Å². The first-order chi connectivity index (χ1) is 16.8. The van der Waals surface area contributed by atoms with E-state index in [2.05, 4.69) is 47.8 Å². The molecule has 0 amide bonds. The van der Waals surface area contributed by atoms with Crippen LogP contribution in [0.3, 0.4) is 0 Å². The summed E-state index contributed by atoms with van der Waals surface area (Å²) in [6.07, 6.45) is 0.659. The molecule has 0 saturated carbocycles. The van der Waals surface area contributed by atoms with Gasteiger partial charge in [-0.3, -0.25) is 4.57 Å². The molecule has 2 aromatic heterocycles. The van der Waals surface area contributed by atoms with Gasteiger partial charge in [0.05, 0.1) is 32.5 Å². The van der Waals surface area contributed by atoms with Crippen molar-refractivity contribution in [2.45, 2.75) is 46.3 Å². The summed E-state index contributed by atoms with van der Waals surface area (Å²) in [5.74, 6) is 2.53. The highest BCUT2D eigenvalue weighted by Crippen LogP contribution is 2.33. The van der Waals surface area contributed by atoms with Gasteiger partial charge in [-0.05, 0) is 32.0 Å². The Hall–Kier alpha value is -2.38. The van der Waals surface area contributed by atoms with E-state index in [1.54, 1.807) is 0 Å². The number of hydrogen-bond donors (Lipinski definition) is 4. The van der Waals surface area contributed by atoms with Crippen molar-refractivity contribution in [3.63, 3.8) is 0 Å². The highest BCUT2D eigenvalue weighted by Gasteiger charge is 2.18. The van der Waals surface area contributed by atoms with E-state index >= 15 is 0 Å². The molecule has 1 fully saturated rings. The van der Waals surface area contributed by atoms with Crippen molar-refractivity contribution in [2.24, 2.45) is 0 Å². The van der Waals surface area contributed by atoms with Crippen molar-refractivity contribution in [1.82, 2.24) is 35.1 Å². The Labute approximate surface area is 205 Å². The molecule has 4 N–H and O–H groups in total. The standard InChI is InChI=1S/C20H37N10O4P/c1-4-28(10-13-35(31,32)33)7-6-16(3)22-17-14-19(29-8-11-34-12-9-29)24-20(23-17)21-15-18-25-27-30(5-2)26-18/h14,16H,4-13,15H2,1-3H3,(H2,31,32,33)(H2,21,22,23,24). The van der Waals surface area contributed by atoms with Crippen LogP contribution < -0.4 is 15.5 Å². The SMILES string of the molecule is CCN(CCC(C)Nc1cc(N2CCOCC2)nc(NCc2nnn(CC)n2)n1)CCP(=O)(O)O. The topological polar surface area (TPSA) is 167 Å². The molecule has 1 aliphatic heterocycles. The van der Waals surface area contributed by atoms with Crippen molar-refractivity contribution >= 4 is 25.2 Å². The molecule has 0 radical (unpaired) electrons. The minimum absolute atomic E-state index is 0.0884. The fourth-order valence-corrected chi connectivity index (χ4v) is 4.13. The zero-order valence-corrected chi connectivity index (χ0v) is 21.6. The molecule has 0 aliphatic carbocycles. The molecule has 1 atom stereocenters. The van der Waals surface area contributed by atoms with Crippen LogP contribution in [0.4, 0.5) is 17.6 Å². The lowest BCUT2D eigenvalue weighted by atomic mass is 10.2. The molecule has 14 nitrogen and oxygen atoms in total. The Balaban J connectivity index is 1.64. The van der Waals surface area contributed by atoms with Gasteiger partial charge in [0.2, 0.25) is 5.95 Å². The Morgan fingerprint density at radius 1 is 1.23 bits per heavy atom. The van der Waals surface area contributed by atoms with Gasteiger partial charge in [0.15, 0.2) is 5.82 Å². The smallest absolute Gasteiger partial charge is 0.326 e. The maximum Gasteiger partial charge on any atom is 0.326 e. The third kappa shape index (κ3) is 9.30. The molecule has 3 heterocycles. The van der Waals surface area contributed by atoms with Crippen LogP contribution in [0.5, 0.6) is 0 Å². The number of aromatic nitrogens is 6. The lowest BCUT2D eigenvalue weighted by molar-refractivity contribution is 0.122. The quantitative estimate of drug-likeness (QED) is 0.260. The minimum atomic E-state index is -4.00. The molecular formula is C20H37N10O4P. The number of morpholine rings is 1. The fourth-order valence-electron chi connectivity index (χ4n) is 3.58. The van der Waals surface area contributed by atoms with Gasteiger partial charge in [-0.25, -0.2) is 0 Å². The second kappa shape index (κ2) is 13.1. The van der Waals surface area contributed by atoms with E-state index in [4.69, 9.17) is 14.5 Å². The normalized spacial score (nSPS) is 15.4. The number of hydrogen-bond acceptors (Lipinski definition) is 11. The molecule has 0 spiro atoms. The van der Waals surface area contributed by atoms with Gasteiger partial charge in [0, 0.05) is 38.3 Å². The summed E-state index contributed by atoms with van der Waals surface area (Å²) < 4.78 is 16.7. The van der Waals surface area contributed by atoms with Gasteiger partial charge in [-0.1, -0.05) is 6.92 Å². The number of nitrogens with zero attached hydrogens (tertiary/aromatic N) is 8. The van der Waals surface area contributed by atoms with Crippen molar-refractivity contribution in [2.75, 3.05) is 67.6 Å².